The standard InChI is InChI=1S/C13H28N2/c1-4-13(2,3)11-15-9-7-12-6-5-8-14-10-12/h12,14-15H,4-11H2,1-3H3. The Morgan fingerprint density at radius 2 is 2.20 bits per heavy atom. The van der Waals surface area contributed by atoms with Crippen molar-refractivity contribution in [3.8, 4) is 0 Å². The molecule has 90 valence electrons. The minimum Gasteiger partial charge on any atom is -0.316 e. The Bertz CT molecular complexity index is 160. The van der Waals surface area contributed by atoms with Gasteiger partial charge in [0.1, 0.15) is 0 Å². The van der Waals surface area contributed by atoms with Crippen LogP contribution in [0, 0.1) is 11.3 Å². The minimum atomic E-state index is 0.463. The zero-order valence-corrected chi connectivity index (χ0v) is 10.7. The second-order valence-electron chi connectivity index (χ2n) is 5.70. The quantitative estimate of drug-likeness (QED) is 0.661. The first-order chi connectivity index (χ1) is 7.14. The van der Waals surface area contributed by atoms with Crippen molar-refractivity contribution in [2.75, 3.05) is 26.2 Å². The van der Waals surface area contributed by atoms with Gasteiger partial charge in [0, 0.05) is 6.54 Å². The molecule has 2 heteroatoms. The van der Waals surface area contributed by atoms with Gasteiger partial charge in [-0.3, -0.25) is 0 Å². The van der Waals surface area contributed by atoms with Gasteiger partial charge in [-0.2, -0.15) is 0 Å². The van der Waals surface area contributed by atoms with Gasteiger partial charge in [0.2, 0.25) is 0 Å². The smallest absolute Gasteiger partial charge is 0.000242 e. The molecule has 0 bridgehead atoms. The molecule has 0 aliphatic carbocycles. The van der Waals surface area contributed by atoms with Gasteiger partial charge in [-0.05, 0) is 56.7 Å². The van der Waals surface area contributed by atoms with E-state index in [4.69, 9.17) is 0 Å². The SMILES string of the molecule is CCC(C)(C)CNCCC1CCCNC1. The summed E-state index contributed by atoms with van der Waals surface area (Å²) in [7, 11) is 0. The zero-order chi connectivity index (χ0) is 11.1. The molecule has 1 saturated heterocycles. The van der Waals surface area contributed by atoms with E-state index >= 15 is 0 Å². The van der Waals surface area contributed by atoms with E-state index in [1.807, 2.05) is 0 Å². The minimum absolute atomic E-state index is 0.463. The average Bonchev–Trinajstić information content (AvgIpc) is 2.26. The molecule has 0 spiro atoms. The van der Waals surface area contributed by atoms with Gasteiger partial charge in [-0.25, -0.2) is 0 Å². The number of hydrogen-bond acceptors (Lipinski definition) is 2. The highest BCUT2D eigenvalue weighted by Gasteiger charge is 2.15. The number of nitrogens with one attached hydrogen (secondary N) is 2. The number of rotatable bonds is 6. The van der Waals surface area contributed by atoms with Crippen LogP contribution in [-0.4, -0.2) is 26.2 Å². The summed E-state index contributed by atoms with van der Waals surface area (Å²) in [4.78, 5) is 0. The zero-order valence-electron chi connectivity index (χ0n) is 10.7. The van der Waals surface area contributed by atoms with Gasteiger partial charge < -0.3 is 10.6 Å². The van der Waals surface area contributed by atoms with Crippen LogP contribution in [0.3, 0.4) is 0 Å². The maximum atomic E-state index is 3.60. The fourth-order valence-electron chi connectivity index (χ4n) is 2.03. The summed E-state index contributed by atoms with van der Waals surface area (Å²) in [6, 6.07) is 0. The predicted octanol–water partition coefficient (Wildman–Crippen LogP) is 2.40. The molecule has 1 heterocycles. The van der Waals surface area contributed by atoms with E-state index in [9.17, 15) is 0 Å². The molecule has 0 saturated carbocycles. The molecule has 0 aromatic rings. The molecule has 0 aromatic heterocycles. The second-order valence-corrected chi connectivity index (χ2v) is 5.70. The summed E-state index contributed by atoms with van der Waals surface area (Å²) >= 11 is 0. The molecule has 1 unspecified atom stereocenters. The molecular formula is C13H28N2. The molecule has 0 radical (unpaired) electrons. The highest BCUT2D eigenvalue weighted by molar-refractivity contribution is 4.72. The maximum Gasteiger partial charge on any atom is 0.000242 e. The van der Waals surface area contributed by atoms with Crippen molar-refractivity contribution >= 4 is 0 Å². The lowest BCUT2D eigenvalue weighted by atomic mass is 9.90. The van der Waals surface area contributed by atoms with Crippen molar-refractivity contribution < 1.29 is 0 Å². The molecular weight excluding hydrogens is 184 g/mol. The van der Waals surface area contributed by atoms with E-state index < -0.39 is 0 Å². The van der Waals surface area contributed by atoms with Gasteiger partial charge in [-0.1, -0.05) is 20.8 Å². The maximum absolute atomic E-state index is 3.60. The van der Waals surface area contributed by atoms with Crippen LogP contribution in [0.25, 0.3) is 0 Å². The predicted molar refractivity (Wildman–Crippen MR) is 67.2 cm³/mol. The Labute approximate surface area is 95.2 Å². The lowest BCUT2D eigenvalue weighted by Gasteiger charge is -2.25. The highest BCUT2D eigenvalue weighted by Crippen LogP contribution is 2.18. The summed E-state index contributed by atoms with van der Waals surface area (Å²) in [6.45, 7) is 11.8. The molecule has 1 aliphatic heterocycles. The Kier molecular flexibility index (Phi) is 5.62. The van der Waals surface area contributed by atoms with E-state index in [0.29, 0.717) is 5.41 Å². The summed E-state index contributed by atoms with van der Waals surface area (Å²) in [5.74, 6) is 0.913. The fraction of sp³-hybridized carbons (Fsp3) is 1.00. The van der Waals surface area contributed by atoms with E-state index in [1.165, 1.54) is 45.3 Å². The monoisotopic (exact) mass is 212 g/mol. The molecule has 0 aromatic carbocycles. The lowest BCUT2D eigenvalue weighted by Crippen LogP contribution is -2.34. The van der Waals surface area contributed by atoms with Gasteiger partial charge in [0.25, 0.3) is 0 Å². The van der Waals surface area contributed by atoms with E-state index in [2.05, 4.69) is 31.4 Å². The van der Waals surface area contributed by atoms with Gasteiger partial charge >= 0.3 is 0 Å². The van der Waals surface area contributed by atoms with Crippen molar-refractivity contribution in [3.05, 3.63) is 0 Å². The summed E-state index contributed by atoms with van der Waals surface area (Å²) in [5, 5.41) is 7.07. The molecule has 1 aliphatic rings. The van der Waals surface area contributed by atoms with Crippen LogP contribution in [0.5, 0.6) is 0 Å². The van der Waals surface area contributed by atoms with Gasteiger partial charge in [0.05, 0.1) is 0 Å². The molecule has 1 rings (SSSR count). The van der Waals surface area contributed by atoms with Gasteiger partial charge in [0.15, 0.2) is 0 Å². The lowest BCUT2D eigenvalue weighted by molar-refractivity contribution is 0.308. The van der Waals surface area contributed by atoms with E-state index in [1.54, 1.807) is 0 Å². The third kappa shape index (κ3) is 5.53. The van der Waals surface area contributed by atoms with Gasteiger partial charge in [-0.15, -0.1) is 0 Å². The summed E-state index contributed by atoms with van der Waals surface area (Å²) in [5.41, 5.74) is 0.463. The summed E-state index contributed by atoms with van der Waals surface area (Å²) in [6.07, 6.45) is 5.38. The molecule has 2 nitrogen and oxygen atoms in total. The molecule has 1 fully saturated rings. The largest absolute Gasteiger partial charge is 0.316 e. The number of piperidine rings is 1. The van der Waals surface area contributed by atoms with Crippen LogP contribution < -0.4 is 10.6 Å². The van der Waals surface area contributed by atoms with Crippen LogP contribution in [0.15, 0.2) is 0 Å². The average molecular weight is 212 g/mol. The van der Waals surface area contributed by atoms with Crippen LogP contribution in [-0.2, 0) is 0 Å². The van der Waals surface area contributed by atoms with Crippen molar-refractivity contribution in [2.24, 2.45) is 11.3 Å². The first-order valence-corrected chi connectivity index (χ1v) is 6.55. The Hall–Kier alpha value is -0.0800. The number of hydrogen-bond donors (Lipinski definition) is 2. The molecule has 15 heavy (non-hydrogen) atoms. The topological polar surface area (TPSA) is 24.1 Å². The fourth-order valence-corrected chi connectivity index (χ4v) is 2.03. The molecule has 2 N–H and O–H groups in total. The molecule has 0 amide bonds. The van der Waals surface area contributed by atoms with Crippen molar-refractivity contribution in [1.29, 1.82) is 0 Å². The van der Waals surface area contributed by atoms with Crippen molar-refractivity contribution in [1.82, 2.24) is 10.6 Å². The Balaban J connectivity index is 2.00. The third-order valence-corrected chi connectivity index (χ3v) is 3.69. The third-order valence-electron chi connectivity index (χ3n) is 3.69. The first kappa shape index (κ1) is 13.0. The first-order valence-electron chi connectivity index (χ1n) is 6.55. The van der Waals surface area contributed by atoms with Crippen molar-refractivity contribution in [3.63, 3.8) is 0 Å². The van der Waals surface area contributed by atoms with Crippen LogP contribution in [0.2, 0.25) is 0 Å². The van der Waals surface area contributed by atoms with E-state index in [-0.39, 0.29) is 0 Å². The Morgan fingerprint density at radius 1 is 1.40 bits per heavy atom. The second kappa shape index (κ2) is 6.49. The van der Waals surface area contributed by atoms with Crippen LogP contribution >= 0.6 is 0 Å². The normalized spacial score (nSPS) is 23.0. The van der Waals surface area contributed by atoms with Crippen LogP contribution in [0.4, 0.5) is 0 Å². The van der Waals surface area contributed by atoms with E-state index in [0.717, 1.165) is 12.5 Å². The Morgan fingerprint density at radius 3 is 2.80 bits per heavy atom. The van der Waals surface area contributed by atoms with Crippen molar-refractivity contribution in [2.45, 2.75) is 46.5 Å². The highest BCUT2D eigenvalue weighted by atomic mass is 14.9. The van der Waals surface area contributed by atoms with Crippen LogP contribution in [0.1, 0.15) is 46.5 Å². The summed E-state index contributed by atoms with van der Waals surface area (Å²) < 4.78 is 0. The molecule has 1 atom stereocenters.